The van der Waals surface area contributed by atoms with Crippen LogP contribution < -0.4 is 0 Å². The summed E-state index contributed by atoms with van der Waals surface area (Å²) < 4.78 is 47.4. The Morgan fingerprint density at radius 1 is 1.56 bits per heavy atom. The van der Waals surface area contributed by atoms with Gasteiger partial charge < -0.3 is 0 Å². The first-order valence-electron chi connectivity index (χ1n) is 4.18. The highest BCUT2D eigenvalue weighted by Gasteiger charge is 2.19. The van der Waals surface area contributed by atoms with Crippen molar-refractivity contribution in [1.29, 1.82) is 0 Å². The number of halogens is 3. The summed E-state index contributed by atoms with van der Waals surface area (Å²) in [5.41, 5.74) is -0.230. The summed E-state index contributed by atoms with van der Waals surface area (Å²) >= 11 is 6.36. The summed E-state index contributed by atoms with van der Waals surface area (Å²) in [6, 6.07) is 0. The predicted molar refractivity (Wildman–Crippen MR) is 58.7 cm³/mol. The number of hydrogen-bond acceptors (Lipinski definition) is 4. The van der Waals surface area contributed by atoms with Gasteiger partial charge in [-0.05, 0) is 18.9 Å². The van der Waals surface area contributed by atoms with Crippen LogP contribution >= 0.6 is 22.9 Å². The fourth-order valence-corrected chi connectivity index (χ4v) is 3.63. The van der Waals surface area contributed by atoms with Crippen LogP contribution in [0, 0.1) is 0 Å². The molecule has 0 saturated carbocycles. The predicted octanol–water partition coefficient (Wildman–Crippen LogP) is 3.13. The smallest absolute Gasteiger partial charge is 0.232 e. The van der Waals surface area contributed by atoms with Crippen molar-refractivity contribution in [3.63, 3.8) is 0 Å². The van der Waals surface area contributed by atoms with E-state index in [1.165, 1.54) is 13.1 Å². The quantitative estimate of drug-likeness (QED) is 0.855. The van der Waals surface area contributed by atoms with Gasteiger partial charge in [-0.25, -0.2) is 13.4 Å². The van der Waals surface area contributed by atoms with E-state index in [1.54, 1.807) is 0 Å². The van der Waals surface area contributed by atoms with Gasteiger partial charge in [-0.1, -0.05) is 22.9 Å². The molecule has 1 aromatic heterocycles. The van der Waals surface area contributed by atoms with E-state index in [0.29, 0.717) is 0 Å². The van der Waals surface area contributed by atoms with Crippen LogP contribution in [0.4, 0.5) is 8.78 Å². The Labute approximate surface area is 101 Å². The molecule has 0 aliphatic carbocycles. The van der Waals surface area contributed by atoms with Crippen molar-refractivity contribution in [3.05, 3.63) is 22.2 Å². The minimum absolute atomic E-state index is 0.135. The van der Waals surface area contributed by atoms with Crippen LogP contribution in [0.5, 0.6) is 0 Å². The minimum Gasteiger partial charge on any atom is -0.232 e. The molecule has 0 aliphatic heterocycles. The molecule has 1 aromatic rings. The van der Waals surface area contributed by atoms with Crippen LogP contribution in [0.1, 0.15) is 13.3 Å². The molecular weight excluding hydrogens is 280 g/mol. The molecule has 1 rings (SSSR count). The molecule has 90 valence electrons. The maximum atomic E-state index is 12.1. The van der Waals surface area contributed by atoms with Gasteiger partial charge in [-0.2, -0.15) is 8.78 Å². The SMILES string of the molecule is CC(CCS(=O)(=O)c1ncc(Cl)s1)=C(F)F. The summed E-state index contributed by atoms with van der Waals surface area (Å²) in [5, 5.41) is 0. The largest absolute Gasteiger partial charge is 0.269 e. The Bertz CT molecular complexity index is 506. The molecule has 0 amide bonds. The summed E-state index contributed by atoms with van der Waals surface area (Å²) in [6.45, 7) is 1.19. The first kappa shape index (κ1) is 13.5. The van der Waals surface area contributed by atoms with E-state index in [-0.39, 0.29) is 26.4 Å². The minimum atomic E-state index is -3.61. The van der Waals surface area contributed by atoms with Gasteiger partial charge in [0.1, 0.15) is 4.34 Å². The zero-order valence-corrected chi connectivity index (χ0v) is 10.6. The lowest BCUT2D eigenvalue weighted by Gasteiger charge is -2.00. The van der Waals surface area contributed by atoms with Crippen molar-refractivity contribution in [1.82, 2.24) is 4.98 Å². The third-order valence-corrected chi connectivity index (χ3v) is 5.09. The number of thiazole rings is 1. The number of allylic oxidation sites excluding steroid dienone is 1. The van der Waals surface area contributed by atoms with Crippen molar-refractivity contribution in [2.75, 3.05) is 5.75 Å². The normalized spacial score (nSPS) is 11.5. The molecule has 0 radical (unpaired) electrons. The van der Waals surface area contributed by atoms with Crippen LogP contribution in [0.2, 0.25) is 4.34 Å². The zero-order chi connectivity index (χ0) is 12.3. The van der Waals surface area contributed by atoms with Crippen LogP contribution in [-0.2, 0) is 9.84 Å². The van der Waals surface area contributed by atoms with Gasteiger partial charge in [0.2, 0.25) is 14.2 Å². The second kappa shape index (κ2) is 5.20. The molecule has 0 N–H and O–H groups in total. The van der Waals surface area contributed by atoms with E-state index in [0.717, 1.165) is 11.3 Å². The zero-order valence-electron chi connectivity index (χ0n) is 8.21. The fourth-order valence-electron chi connectivity index (χ4n) is 0.853. The van der Waals surface area contributed by atoms with Crippen LogP contribution in [0.3, 0.4) is 0 Å². The van der Waals surface area contributed by atoms with Gasteiger partial charge in [-0.3, -0.25) is 0 Å². The lowest BCUT2D eigenvalue weighted by molar-refractivity contribution is 0.409. The maximum absolute atomic E-state index is 12.1. The fraction of sp³-hybridized carbons (Fsp3) is 0.375. The molecule has 0 aromatic carbocycles. The van der Waals surface area contributed by atoms with E-state index >= 15 is 0 Å². The number of rotatable bonds is 4. The maximum Gasteiger partial charge on any atom is 0.269 e. The van der Waals surface area contributed by atoms with Gasteiger partial charge in [0, 0.05) is 0 Å². The molecule has 16 heavy (non-hydrogen) atoms. The molecule has 0 aliphatic rings. The van der Waals surface area contributed by atoms with Crippen LogP contribution in [0.15, 0.2) is 22.2 Å². The van der Waals surface area contributed by atoms with Gasteiger partial charge >= 0.3 is 0 Å². The van der Waals surface area contributed by atoms with Crippen molar-refractivity contribution in [3.8, 4) is 0 Å². The molecular formula is C8H8ClF2NO2S2. The Kier molecular flexibility index (Phi) is 4.40. The monoisotopic (exact) mass is 287 g/mol. The van der Waals surface area contributed by atoms with Crippen LogP contribution in [-0.4, -0.2) is 19.2 Å². The Morgan fingerprint density at radius 2 is 2.19 bits per heavy atom. The van der Waals surface area contributed by atoms with Crippen molar-refractivity contribution >= 4 is 32.8 Å². The van der Waals surface area contributed by atoms with E-state index in [2.05, 4.69) is 4.98 Å². The molecule has 0 atom stereocenters. The Hall–Kier alpha value is -0.530. The highest BCUT2D eigenvalue weighted by atomic mass is 35.5. The number of nitrogens with zero attached hydrogens (tertiary/aromatic N) is 1. The second-order valence-corrected chi connectivity index (χ2v) is 6.98. The summed E-state index contributed by atoms with van der Waals surface area (Å²) in [5.74, 6) is -0.389. The van der Waals surface area contributed by atoms with E-state index in [4.69, 9.17) is 11.6 Å². The highest BCUT2D eigenvalue weighted by Crippen LogP contribution is 2.24. The van der Waals surface area contributed by atoms with Gasteiger partial charge in [0.15, 0.2) is 0 Å². The van der Waals surface area contributed by atoms with Crippen molar-refractivity contribution in [2.45, 2.75) is 17.7 Å². The topological polar surface area (TPSA) is 47.0 Å². The molecule has 0 fully saturated rings. The van der Waals surface area contributed by atoms with E-state index < -0.39 is 15.9 Å². The van der Waals surface area contributed by atoms with E-state index in [1.807, 2.05) is 0 Å². The molecule has 0 spiro atoms. The van der Waals surface area contributed by atoms with Crippen LogP contribution in [0.25, 0.3) is 0 Å². The molecule has 3 nitrogen and oxygen atoms in total. The third-order valence-electron chi connectivity index (χ3n) is 1.79. The van der Waals surface area contributed by atoms with Crippen molar-refractivity contribution < 1.29 is 17.2 Å². The second-order valence-electron chi connectivity index (χ2n) is 3.04. The highest BCUT2D eigenvalue weighted by molar-refractivity contribution is 7.93. The number of hydrogen-bond donors (Lipinski definition) is 0. The van der Waals surface area contributed by atoms with Crippen molar-refractivity contribution in [2.24, 2.45) is 0 Å². The third kappa shape index (κ3) is 3.50. The Balaban J connectivity index is 2.78. The first-order chi connectivity index (χ1) is 7.33. The summed E-state index contributed by atoms with van der Waals surface area (Å²) in [7, 11) is -3.61. The average Bonchev–Trinajstić information content (AvgIpc) is 2.61. The van der Waals surface area contributed by atoms with E-state index in [9.17, 15) is 17.2 Å². The molecule has 8 heteroatoms. The number of aromatic nitrogens is 1. The van der Waals surface area contributed by atoms with Gasteiger partial charge in [0.25, 0.3) is 6.08 Å². The summed E-state index contributed by atoms with van der Waals surface area (Å²) in [4.78, 5) is 3.61. The number of sulfone groups is 1. The molecule has 1 heterocycles. The molecule has 0 saturated heterocycles. The lowest BCUT2D eigenvalue weighted by Crippen LogP contribution is -2.06. The van der Waals surface area contributed by atoms with Gasteiger partial charge in [0.05, 0.1) is 11.9 Å². The average molecular weight is 288 g/mol. The standard InChI is InChI=1S/C8H8ClF2NO2S2/c1-5(7(10)11)2-3-16(13,14)8-12-4-6(9)15-8/h4H,2-3H2,1H3. The first-order valence-corrected chi connectivity index (χ1v) is 7.02. The van der Waals surface area contributed by atoms with Gasteiger partial charge in [-0.15, -0.1) is 0 Å². The Morgan fingerprint density at radius 3 is 2.62 bits per heavy atom. The molecule has 0 unspecified atom stereocenters. The lowest BCUT2D eigenvalue weighted by atomic mass is 10.3. The summed E-state index contributed by atoms with van der Waals surface area (Å²) in [6.07, 6.45) is -0.827. The molecule has 0 bridgehead atoms.